The number of methoxy groups -OCH3 is 1. The molecule has 0 spiro atoms. The standard InChI is InChI=1S/C30H31N9O2/c1-5-39-25(18-20(3)36-39)29(40)33-30-32-21-11-6-7-13-24(21)37(30)15-8-9-16-38-27-22(12-10-14-26(27)41-4)31-28(38)23-17-19(2)34-35-23/h6-14,17-18H,5,15-16H2,1-4H3,(H,34,35)(H,32,33,40)/b9-8+. The topological polar surface area (TPSA) is 120 Å². The molecule has 4 aromatic heterocycles. The van der Waals surface area contributed by atoms with E-state index in [1.807, 2.05) is 73.9 Å². The minimum atomic E-state index is -0.246. The lowest BCUT2D eigenvalue weighted by molar-refractivity contribution is 0.101. The predicted octanol–water partition coefficient (Wildman–Crippen LogP) is 5.13. The van der Waals surface area contributed by atoms with Gasteiger partial charge < -0.3 is 13.9 Å². The Balaban J connectivity index is 1.31. The van der Waals surface area contributed by atoms with Crippen molar-refractivity contribution in [1.82, 2.24) is 39.1 Å². The monoisotopic (exact) mass is 549 g/mol. The van der Waals surface area contributed by atoms with Crippen LogP contribution in [0.4, 0.5) is 5.95 Å². The number of aromatic amines is 1. The summed E-state index contributed by atoms with van der Waals surface area (Å²) in [5, 5.41) is 14.8. The second-order valence-corrected chi connectivity index (χ2v) is 9.74. The molecule has 4 heterocycles. The number of nitrogens with zero attached hydrogens (tertiary/aromatic N) is 7. The first-order chi connectivity index (χ1) is 20.0. The van der Waals surface area contributed by atoms with Crippen LogP contribution in [0.5, 0.6) is 5.75 Å². The Bertz CT molecular complexity index is 1900. The van der Waals surface area contributed by atoms with E-state index in [0.29, 0.717) is 31.3 Å². The van der Waals surface area contributed by atoms with Crippen molar-refractivity contribution in [2.24, 2.45) is 0 Å². The average Bonchev–Trinajstić information content (AvgIpc) is 3.75. The number of allylic oxidation sites excluding steroid dienone is 2. The van der Waals surface area contributed by atoms with Gasteiger partial charge in [-0.2, -0.15) is 10.2 Å². The normalized spacial score (nSPS) is 11.7. The number of hydrogen-bond donors (Lipinski definition) is 2. The van der Waals surface area contributed by atoms with Crippen molar-refractivity contribution in [3.63, 3.8) is 0 Å². The fourth-order valence-electron chi connectivity index (χ4n) is 5.09. The molecule has 6 aromatic rings. The lowest BCUT2D eigenvalue weighted by Crippen LogP contribution is -2.19. The maximum absolute atomic E-state index is 13.2. The molecule has 0 unspecified atom stereocenters. The highest BCUT2D eigenvalue weighted by Crippen LogP contribution is 2.30. The molecule has 0 aliphatic heterocycles. The molecule has 2 aromatic carbocycles. The summed E-state index contributed by atoms with van der Waals surface area (Å²) in [6, 6.07) is 17.5. The largest absolute Gasteiger partial charge is 0.494 e. The summed E-state index contributed by atoms with van der Waals surface area (Å²) < 4.78 is 11.5. The van der Waals surface area contributed by atoms with Crippen LogP contribution in [0.15, 0.2) is 66.7 Å². The first kappa shape index (κ1) is 26.1. The highest BCUT2D eigenvalue weighted by molar-refractivity contribution is 6.03. The van der Waals surface area contributed by atoms with Gasteiger partial charge in [0, 0.05) is 19.6 Å². The lowest BCUT2D eigenvalue weighted by Gasteiger charge is -2.10. The fourth-order valence-corrected chi connectivity index (χ4v) is 5.09. The summed E-state index contributed by atoms with van der Waals surface area (Å²) in [7, 11) is 1.66. The predicted molar refractivity (Wildman–Crippen MR) is 158 cm³/mol. The number of benzene rings is 2. The molecular weight excluding hydrogens is 518 g/mol. The number of carbonyl (C=O) groups is 1. The number of rotatable bonds is 9. The van der Waals surface area contributed by atoms with Gasteiger partial charge in [-0.3, -0.25) is 19.9 Å². The van der Waals surface area contributed by atoms with Gasteiger partial charge in [-0.05, 0) is 57.2 Å². The summed E-state index contributed by atoms with van der Waals surface area (Å²) in [4.78, 5) is 22.8. The molecule has 0 aliphatic carbocycles. The SMILES string of the molecule is CCn1nc(C)cc1C(=O)Nc1nc2ccccc2n1C/C=C/Cn1c(-c2cc(C)n[nH]2)nc2cccc(OC)c21. The first-order valence-electron chi connectivity index (χ1n) is 13.5. The van der Waals surface area contributed by atoms with Gasteiger partial charge in [0.25, 0.3) is 5.91 Å². The molecule has 11 heteroatoms. The molecule has 0 radical (unpaired) electrons. The number of amides is 1. The van der Waals surface area contributed by atoms with Gasteiger partial charge in [-0.1, -0.05) is 30.4 Å². The summed E-state index contributed by atoms with van der Waals surface area (Å²) in [6.07, 6.45) is 4.14. The summed E-state index contributed by atoms with van der Waals surface area (Å²) in [5.41, 5.74) is 6.50. The Morgan fingerprint density at radius 1 is 0.976 bits per heavy atom. The zero-order valence-corrected chi connectivity index (χ0v) is 23.4. The van der Waals surface area contributed by atoms with Crippen molar-refractivity contribution >= 4 is 33.9 Å². The van der Waals surface area contributed by atoms with Crippen LogP contribution in [-0.4, -0.2) is 52.1 Å². The molecule has 208 valence electrons. The number of imidazole rings is 2. The van der Waals surface area contributed by atoms with Crippen molar-refractivity contribution < 1.29 is 9.53 Å². The second-order valence-electron chi connectivity index (χ2n) is 9.74. The molecule has 1 amide bonds. The molecule has 0 atom stereocenters. The molecule has 0 fully saturated rings. The molecule has 11 nitrogen and oxygen atoms in total. The second kappa shape index (κ2) is 10.8. The van der Waals surface area contributed by atoms with Gasteiger partial charge >= 0.3 is 0 Å². The van der Waals surface area contributed by atoms with E-state index in [1.165, 1.54) is 0 Å². The van der Waals surface area contributed by atoms with E-state index >= 15 is 0 Å². The number of carbonyl (C=O) groups excluding carboxylic acids is 1. The van der Waals surface area contributed by atoms with E-state index in [0.717, 1.165) is 50.7 Å². The third kappa shape index (κ3) is 4.86. The quantitative estimate of drug-likeness (QED) is 0.241. The molecule has 0 saturated heterocycles. The summed E-state index contributed by atoms with van der Waals surface area (Å²) in [5.74, 6) is 1.76. The molecule has 41 heavy (non-hydrogen) atoms. The number of H-pyrrole nitrogens is 1. The fraction of sp³-hybridized carbons (Fsp3) is 0.233. The zero-order chi connectivity index (χ0) is 28.5. The summed E-state index contributed by atoms with van der Waals surface area (Å²) in [6.45, 7) is 7.43. The van der Waals surface area contributed by atoms with Gasteiger partial charge in [0.15, 0.2) is 5.82 Å². The minimum absolute atomic E-state index is 0.246. The van der Waals surface area contributed by atoms with Crippen LogP contribution < -0.4 is 10.1 Å². The van der Waals surface area contributed by atoms with E-state index in [-0.39, 0.29) is 5.91 Å². The number of aryl methyl sites for hydroxylation is 3. The molecule has 0 aliphatic rings. The van der Waals surface area contributed by atoms with Crippen LogP contribution in [0.25, 0.3) is 33.6 Å². The molecule has 2 N–H and O–H groups in total. The van der Waals surface area contributed by atoms with E-state index in [4.69, 9.17) is 14.7 Å². The first-order valence-corrected chi connectivity index (χ1v) is 13.5. The van der Waals surface area contributed by atoms with Gasteiger partial charge in [0.2, 0.25) is 5.95 Å². The van der Waals surface area contributed by atoms with Crippen LogP contribution in [-0.2, 0) is 19.6 Å². The third-order valence-corrected chi connectivity index (χ3v) is 6.95. The number of para-hydroxylation sites is 3. The Kier molecular flexibility index (Phi) is 6.84. The Morgan fingerprint density at radius 3 is 2.51 bits per heavy atom. The molecule has 6 rings (SSSR count). The van der Waals surface area contributed by atoms with Crippen LogP contribution in [0.1, 0.15) is 28.8 Å². The van der Waals surface area contributed by atoms with E-state index < -0.39 is 0 Å². The van der Waals surface area contributed by atoms with Gasteiger partial charge in [0.05, 0.1) is 35.0 Å². The minimum Gasteiger partial charge on any atom is -0.494 e. The summed E-state index contributed by atoms with van der Waals surface area (Å²) >= 11 is 0. The number of fused-ring (bicyclic) bond motifs is 2. The van der Waals surface area contributed by atoms with E-state index in [2.05, 4.69) is 37.3 Å². The van der Waals surface area contributed by atoms with Crippen molar-refractivity contribution in [2.75, 3.05) is 12.4 Å². The lowest BCUT2D eigenvalue weighted by atomic mass is 10.3. The maximum Gasteiger partial charge on any atom is 0.276 e. The van der Waals surface area contributed by atoms with Crippen molar-refractivity contribution in [1.29, 1.82) is 0 Å². The van der Waals surface area contributed by atoms with Gasteiger partial charge in [-0.25, -0.2) is 9.97 Å². The Labute approximate surface area is 236 Å². The highest BCUT2D eigenvalue weighted by Gasteiger charge is 2.19. The number of anilines is 1. The number of nitrogens with one attached hydrogen (secondary N) is 2. The van der Waals surface area contributed by atoms with Gasteiger partial charge in [-0.15, -0.1) is 0 Å². The van der Waals surface area contributed by atoms with E-state index in [1.54, 1.807) is 17.9 Å². The smallest absolute Gasteiger partial charge is 0.276 e. The molecular formula is C30H31N9O2. The van der Waals surface area contributed by atoms with Crippen molar-refractivity contribution in [3.8, 4) is 17.3 Å². The number of hydrogen-bond acceptors (Lipinski definition) is 6. The Hall–Kier alpha value is -5.19. The van der Waals surface area contributed by atoms with Crippen molar-refractivity contribution in [2.45, 2.75) is 40.4 Å². The van der Waals surface area contributed by atoms with Crippen LogP contribution in [0.3, 0.4) is 0 Å². The zero-order valence-electron chi connectivity index (χ0n) is 23.4. The number of aromatic nitrogens is 8. The van der Waals surface area contributed by atoms with Crippen molar-refractivity contribution in [3.05, 3.63) is 83.8 Å². The molecule has 0 saturated carbocycles. The Morgan fingerprint density at radius 2 is 1.76 bits per heavy atom. The van der Waals surface area contributed by atoms with Crippen LogP contribution >= 0.6 is 0 Å². The highest BCUT2D eigenvalue weighted by atomic mass is 16.5. The van der Waals surface area contributed by atoms with Crippen LogP contribution in [0, 0.1) is 13.8 Å². The third-order valence-electron chi connectivity index (χ3n) is 6.95. The molecule has 0 bridgehead atoms. The van der Waals surface area contributed by atoms with Crippen LogP contribution in [0.2, 0.25) is 0 Å². The maximum atomic E-state index is 13.2. The average molecular weight is 550 g/mol. The van der Waals surface area contributed by atoms with E-state index in [9.17, 15) is 4.79 Å². The van der Waals surface area contributed by atoms with Gasteiger partial charge in [0.1, 0.15) is 22.7 Å². The number of ether oxygens (including phenoxy) is 1.